The summed E-state index contributed by atoms with van der Waals surface area (Å²) in [6, 6.07) is 6.15. The average molecular weight is 341 g/mol. The fraction of sp³-hybridized carbons (Fsp3) is 0.588. The Morgan fingerprint density at radius 1 is 1.39 bits per heavy atom. The number of piperidine rings is 1. The van der Waals surface area contributed by atoms with Gasteiger partial charge in [0.15, 0.2) is 0 Å². The molecule has 6 heteroatoms. The van der Waals surface area contributed by atoms with Crippen molar-refractivity contribution in [3.8, 4) is 5.75 Å². The third-order valence-electron chi connectivity index (χ3n) is 3.97. The summed E-state index contributed by atoms with van der Waals surface area (Å²) in [4.78, 5) is 13.4. The van der Waals surface area contributed by atoms with Crippen molar-refractivity contribution in [1.29, 1.82) is 0 Å². The predicted octanol–water partition coefficient (Wildman–Crippen LogP) is 3.24. The van der Waals surface area contributed by atoms with E-state index in [0.29, 0.717) is 24.3 Å². The highest BCUT2D eigenvalue weighted by Gasteiger charge is 2.22. The molecule has 1 N–H and O–H groups in total. The minimum atomic E-state index is -0.205. The van der Waals surface area contributed by atoms with Gasteiger partial charge in [0, 0.05) is 25.7 Å². The zero-order valence-electron chi connectivity index (χ0n) is 13.8. The summed E-state index contributed by atoms with van der Waals surface area (Å²) in [6.07, 6.45) is 1.66. The summed E-state index contributed by atoms with van der Waals surface area (Å²) in [5.41, 5.74) is 1.04. The molecule has 0 atom stereocenters. The van der Waals surface area contributed by atoms with Crippen molar-refractivity contribution in [3.05, 3.63) is 28.8 Å². The van der Waals surface area contributed by atoms with E-state index in [1.54, 1.807) is 4.90 Å². The number of rotatable bonds is 6. The Morgan fingerprint density at radius 2 is 2.13 bits per heavy atom. The lowest BCUT2D eigenvalue weighted by Crippen LogP contribution is -2.45. The number of amides is 1. The van der Waals surface area contributed by atoms with Crippen LogP contribution < -0.4 is 10.1 Å². The Morgan fingerprint density at radius 3 is 2.78 bits per heavy atom. The monoisotopic (exact) mass is 340 g/mol. The minimum Gasteiger partial charge on any atom is -0.490 e. The van der Waals surface area contributed by atoms with Crippen molar-refractivity contribution in [1.82, 2.24) is 10.2 Å². The number of hydrogen-bond donors (Lipinski definition) is 1. The number of benzene rings is 1. The number of carbonyl (C=O) groups excluding carboxylic acids is 1. The molecule has 1 saturated heterocycles. The smallest absolute Gasteiger partial charge is 0.409 e. The molecule has 1 aromatic rings. The third kappa shape index (κ3) is 5.29. The Hall–Kier alpha value is -1.46. The average Bonchev–Trinajstić information content (AvgIpc) is 2.54. The fourth-order valence-electron chi connectivity index (χ4n) is 2.70. The molecule has 1 aliphatic rings. The Labute approximate surface area is 142 Å². The second kappa shape index (κ2) is 8.99. The summed E-state index contributed by atoms with van der Waals surface area (Å²) < 4.78 is 10.8. The van der Waals surface area contributed by atoms with E-state index < -0.39 is 0 Å². The van der Waals surface area contributed by atoms with Gasteiger partial charge in [-0.05, 0) is 38.3 Å². The molecule has 0 unspecified atom stereocenters. The molecule has 0 spiro atoms. The third-order valence-corrected chi connectivity index (χ3v) is 4.26. The molecular weight excluding hydrogens is 316 g/mol. The summed E-state index contributed by atoms with van der Waals surface area (Å²) in [6.45, 7) is 7.04. The molecule has 1 amide bonds. The maximum absolute atomic E-state index is 11.6. The van der Waals surface area contributed by atoms with Crippen LogP contribution in [0.1, 0.15) is 25.3 Å². The second-order valence-electron chi connectivity index (χ2n) is 5.65. The van der Waals surface area contributed by atoms with E-state index in [1.165, 1.54) is 0 Å². The molecular formula is C17H25ClN2O3. The van der Waals surface area contributed by atoms with Crippen LogP contribution in [0.3, 0.4) is 0 Å². The molecule has 2 rings (SSSR count). The van der Waals surface area contributed by atoms with Gasteiger partial charge in [-0.3, -0.25) is 0 Å². The van der Waals surface area contributed by atoms with E-state index in [2.05, 4.69) is 5.32 Å². The number of nitrogens with one attached hydrogen (secondary N) is 1. The van der Waals surface area contributed by atoms with E-state index in [1.807, 2.05) is 32.0 Å². The van der Waals surface area contributed by atoms with Gasteiger partial charge in [0.2, 0.25) is 0 Å². The van der Waals surface area contributed by atoms with Crippen LogP contribution in [0.4, 0.5) is 4.79 Å². The number of aryl methyl sites for hydroxylation is 1. The highest BCUT2D eigenvalue weighted by molar-refractivity contribution is 6.32. The fourth-order valence-corrected chi connectivity index (χ4v) is 2.97. The van der Waals surface area contributed by atoms with E-state index in [0.717, 1.165) is 43.8 Å². The second-order valence-corrected chi connectivity index (χ2v) is 6.06. The van der Waals surface area contributed by atoms with Gasteiger partial charge in [0.05, 0.1) is 11.6 Å². The molecule has 1 fully saturated rings. The van der Waals surface area contributed by atoms with Gasteiger partial charge in [0.25, 0.3) is 0 Å². The minimum absolute atomic E-state index is 0.205. The largest absolute Gasteiger partial charge is 0.490 e. The van der Waals surface area contributed by atoms with Crippen LogP contribution in [0, 0.1) is 6.92 Å². The molecule has 0 radical (unpaired) electrons. The number of ether oxygens (including phenoxy) is 2. The summed E-state index contributed by atoms with van der Waals surface area (Å²) >= 11 is 6.13. The number of likely N-dealkylation sites (tertiary alicyclic amines) is 1. The molecule has 0 aromatic heterocycles. The van der Waals surface area contributed by atoms with Crippen LogP contribution in [-0.2, 0) is 4.74 Å². The van der Waals surface area contributed by atoms with Gasteiger partial charge < -0.3 is 19.7 Å². The number of halogens is 1. The van der Waals surface area contributed by atoms with Gasteiger partial charge in [-0.2, -0.15) is 0 Å². The highest BCUT2D eigenvalue weighted by atomic mass is 35.5. The van der Waals surface area contributed by atoms with Crippen LogP contribution in [-0.4, -0.2) is 49.9 Å². The Bertz CT molecular complexity index is 496. The lowest BCUT2D eigenvalue weighted by molar-refractivity contribution is 0.0948. The molecule has 0 bridgehead atoms. The molecule has 23 heavy (non-hydrogen) atoms. The zero-order valence-corrected chi connectivity index (χ0v) is 14.6. The van der Waals surface area contributed by atoms with E-state index in [-0.39, 0.29) is 6.09 Å². The van der Waals surface area contributed by atoms with Crippen LogP contribution in [0.15, 0.2) is 18.2 Å². The van der Waals surface area contributed by atoms with Crippen molar-refractivity contribution in [3.63, 3.8) is 0 Å². The van der Waals surface area contributed by atoms with Gasteiger partial charge >= 0.3 is 6.09 Å². The maximum atomic E-state index is 11.6. The number of nitrogens with zero attached hydrogens (tertiary/aromatic N) is 1. The number of carbonyl (C=O) groups is 1. The molecule has 0 saturated carbocycles. The normalized spacial score (nSPS) is 15.5. The molecule has 128 valence electrons. The van der Waals surface area contributed by atoms with E-state index in [4.69, 9.17) is 21.1 Å². The van der Waals surface area contributed by atoms with Crippen molar-refractivity contribution in [2.24, 2.45) is 0 Å². The van der Waals surface area contributed by atoms with Crippen LogP contribution in [0.25, 0.3) is 0 Å². The van der Waals surface area contributed by atoms with E-state index >= 15 is 0 Å². The van der Waals surface area contributed by atoms with Crippen molar-refractivity contribution >= 4 is 17.7 Å². The zero-order chi connectivity index (χ0) is 16.7. The Kier molecular flexibility index (Phi) is 6.99. The lowest BCUT2D eigenvalue weighted by Gasteiger charge is -2.31. The Balaban J connectivity index is 1.65. The summed E-state index contributed by atoms with van der Waals surface area (Å²) in [5, 5.41) is 4.12. The lowest BCUT2D eigenvalue weighted by atomic mass is 10.1. The van der Waals surface area contributed by atoms with Crippen molar-refractivity contribution in [2.45, 2.75) is 32.7 Å². The quantitative estimate of drug-likeness (QED) is 0.808. The van der Waals surface area contributed by atoms with Gasteiger partial charge in [-0.15, -0.1) is 0 Å². The van der Waals surface area contributed by atoms with E-state index in [9.17, 15) is 4.79 Å². The van der Waals surface area contributed by atoms with Crippen LogP contribution in [0.2, 0.25) is 5.02 Å². The molecule has 0 aliphatic carbocycles. The SMILES string of the molecule is CCOC(=O)N1CCC(NCCOc2c(C)cccc2Cl)CC1. The van der Waals surface area contributed by atoms with Crippen LogP contribution in [0.5, 0.6) is 5.75 Å². The number of hydrogen-bond acceptors (Lipinski definition) is 4. The molecule has 1 heterocycles. The van der Waals surface area contributed by atoms with Gasteiger partial charge in [-0.25, -0.2) is 4.79 Å². The summed E-state index contributed by atoms with van der Waals surface area (Å²) in [7, 11) is 0. The molecule has 5 nitrogen and oxygen atoms in total. The first-order chi connectivity index (χ1) is 11.1. The first-order valence-electron chi connectivity index (χ1n) is 8.14. The highest BCUT2D eigenvalue weighted by Crippen LogP contribution is 2.27. The van der Waals surface area contributed by atoms with Crippen molar-refractivity contribution in [2.75, 3.05) is 32.8 Å². The first-order valence-corrected chi connectivity index (χ1v) is 8.52. The number of para-hydroxylation sites is 1. The topological polar surface area (TPSA) is 50.8 Å². The molecule has 1 aromatic carbocycles. The standard InChI is InChI=1S/C17H25ClN2O3/c1-3-22-17(21)20-10-7-14(8-11-20)19-9-12-23-16-13(2)5-4-6-15(16)18/h4-6,14,19H,3,7-12H2,1-2H3. The molecule has 1 aliphatic heterocycles. The predicted molar refractivity (Wildman–Crippen MR) is 91.3 cm³/mol. The first kappa shape index (κ1) is 17.9. The van der Waals surface area contributed by atoms with Gasteiger partial charge in [0.1, 0.15) is 12.4 Å². The maximum Gasteiger partial charge on any atom is 0.409 e. The summed E-state index contributed by atoms with van der Waals surface area (Å²) in [5.74, 6) is 0.757. The van der Waals surface area contributed by atoms with Crippen LogP contribution >= 0.6 is 11.6 Å². The van der Waals surface area contributed by atoms with Gasteiger partial charge in [-0.1, -0.05) is 23.7 Å². The van der Waals surface area contributed by atoms with Crippen molar-refractivity contribution < 1.29 is 14.3 Å².